The number of nitrogens with two attached hydrogens (primary N) is 2. The molecule has 1 aromatic carbocycles. The van der Waals surface area contributed by atoms with Gasteiger partial charge in [-0.1, -0.05) is 18.2 Å². The number of hydrogen-bond acceptors (Lipinski definition) is 8. The minimum Gasteiger partial charge on any atom is -0.481 e. The van der Waals surface area contributed by atoms with Gasteiger partial charge in [0, 0.05) is 36.4 Å². The zero-order valence-corrected chi connectivity index (χ0v) is 23.0. The molecular formula is C27H38N6O9. The molecule has 0 fully saturated rings. The van der Waals surface area contributed by atoms with Crippen molar-refractivity contribution in [3.63, 3.8) is 0 Å². The van der Waals surface area contributed by atoms with E-state index in [9.17, 15) is 33.9 Å². The summed E-state index contributed by atoms with van der Waals surface area (Å²) in [6, 6.07) is 2.10. The Kier molecular flexibility index (Phi) is 13.4. The average Bonchev–Trinajstić information content (AvgIpc) is 3.35. The van der Waals surface area contributed by atoms with Crippen LogP contribution in [0.1, 0.15) is 50.5 Å². The molecule has 3 amide bonds. The van der Waals surface area contributed by atoms with E-state index in [0.29, 0.717) is 24.9 Å². The van der Waals surface area contributed by atoms with Gasteiger partial charge in [-0.2, -0.15) is 0 Å². The molecular weight excluding hydrogens is 552 g/mol. The lowest BCUT2D eigenvalue weighted by atomic mass is 10.0. The number of aromatic amines is 1. The van der Waals surface area contributed by atoms with Crippen molar-refractivity contribution in [1.29, 1.82) is 0 Å². The number of carbonyl (C=O) groups excluding carboxylic acids is 3. The summed E-state index contributed by atoms with van der Waals surface area (Å²) in [4.78, 5) is 76.0. The number of carboxylic acids is 3. The molecule has 0 bridgehead atoms. The zero-order valence-electron chi connectivity index (χ0n) is 23.0. The van der Waals surface area contributed by atoms with Gasteiger partial charge in [0.1, 0.15) is 18.1 Å². The molecule has 0 saturated heterocycles. The van der Waals surface area contributed by atoms with Crippen molar-refractivity contribution >= 4 is 46.5 Å². The second-order valence-electron chi connectivity index (χ2n) is 9.84. The quantitative estimate of drug-likeness (QED) is 0.0935. The molecule has 1 heterocycles. The number of nitrogens with one attached hydrogen (secondary N) is 4. The van der Waals surface area contributed by atoms with Crippen molar-refractivity contribution in [1.82, 2.24) is 20.9 Å². The second-order valence-corrected chi connectivity index (χ2v) is 9.84. The number of fused-ring (bicyclic) bond motifs is 1. The van der Waals surface area contributed by atoms with E-state index in [1.807, 2.05) is 18.2 Å². The Morgan fingerprint density at radius 1 is 0.762 bits per heavy atom. The lowest BCUT2D eigenvalue weighted by Crippen LogP contribution is -2.57. The molecule has 0 aliphatic rings. The van der Waals surface area contributed by atoms with Gasteiger partial charge in [-0.3, -0.25) is 24.0 Å². The molecule has 2 aromatic rings. The van der Waals surface area contributed by atoms with Crippen molar-refractivity contribution in [2.75, 3.05) is 6.54 Å². The molecule has 2 rings (SSSR count). The van der Waals surface area contributed by atoms with E-state index in [2.05, 4.69) is 20.9 Å². The molecule has 4 unspecified atom stereocenters. The first-order chi connectivity index (χ1) is 19.9. The van der Waals surface area contributed by atoms with Gasteiger partial charge in [0.15, 0.2) is 0 Å². The van der Waals surface area contributed by atoms with Crippen LogP contribution in [0.3, 0.4) is 0 Å². The van der Waals surface area contributed by atoms with Crippen LogP contribution < -0.4 is 27.4 Å². The van der Waals surface area contributed by atoms with E-state index < -0.39 is 66.2 Å². The summed E-state index contributed by atoms with van der Waals surface area (Å²) in [5.74, 6) is -6.17. The minimum atomic E-state index is -1.50. The monoisotopic (exact) mass is 590 g/mol. The van der Waals surface area contributed by atoms with Crippen LogP contribution in [-0.4, -0.2) is 86.6 Å². The van der Waals surface area contributed by atoms with Gasteiger partial charge in [0.2, 0.25) is 17.7 Å². The SMILES string of the molecule is NCCCCC(NC(=O)C(Cc1c[nH]c2ccccc12)NC(=O)C(N)CCC(=O)O)C(=O)NC(CCC(=O)O)C(=O)O. The van der Waals surface area contributed by atoms with E-state index in [1.54, 1.807) is 12.3 Å². The molecule has 15 heteroatoms. The molecule has 11 N–H and O–H groups in total. The number of aliphatic carboxylic acids is 3. The summed E-state index contributed by atoms with van der Waals surface area (Å²) in [6.07, 6.45) is 1.27. The lowest BCUT2D eigenvalue weighted by Gasteiger charge is -2.25. The predicted octanol–water partition coefficient (Wildman–Crippen LogP) is -0.565. The summed E-state index contributed by atoms with van der Waals surface area (Å²) in [7, 11) is 0. The average molecular weight is 591 g/mol. The fourth-order valence-electron chi connectivity index (χ4n) is 4.25. The topological polar surface area (TPSA) is 267 Å². The highest BCUT2D eigenvalue weighted by atomic mass is 16.4. The fourth-order valence-corrected chi connectivity index (χ4v) is 4.25. The van der Waals surface area contributed by atoms with E-state index in [1.165, 1.54) is 0 Å². The van der Waals surface area contributed by atoms with Crippen LogP contribution in [0.5, 0.6) is 0 Å². The highest BCUT2D eigenvalue weighted by Crippen LogP contribution is 2.19. The summed E-state index contributed by atoms with van der Waals surface area (Å²) in [5.41, 5.74) is 12.9. The number of aromatic nitrogens is 1. The number of para-hydroxylation sites is 1. The number of carbonyl (C=O) groups is 6. The molecule has 0 saturated carbocycles. The Morgan fingerprint density at radius 2 is 1.36 bits per heavy atom. The van der Waals surface area contributed by atoms with Crippen LogP contribution >= 0.6 is 0 Å². The van der Waals surface area contributed by atoms with Gasteiger partial charge in [0.05, 0.1) is 6.04 Å². The van der Waals surface area contributed by atoms with Crippen LogP contribution in [0.4, 0.5) is 0 Å². The third-order valence-corrected chi connectivity index (χ3v) is 6.58. The maximum absolute atomic E-state index is 13.5. The molecule has 4 atom stereocenters. The Labute approximate surface area is 241 Å². The molecule has 230 valence electrons. The number of hydrogen-bond donors (Lipinski definition) is 9. The van der Waals surface area contributed by atoms with Gasteiger partial charge in [-0.15, -0.1) is 0 Å². The predicted molar refractivity (Wildman–Crippen MR) is 150 cm³/mol. The number of amides is 3. The number of rotatable bonds is 19. The smallest absolute Gasteiger partial charge is 0.326 e. The van der Waals surface area contributed by atoms with Gasteiger partial charge >= 0.3 is 17.9 Å². The largest absolute Gasteiger partial charge is 0.481 e. The number of H-pyrrole nitrogens is 1. The van der Waals surface area contributed by atoms with Gasteiger partial charge in [0.25, 0.3) is 0 Å². The van der Waals surface area contributed by atoms with Crippen LogP contribution in [-0.2, 0) is 35.2 Å². The zero-order chi connectivity index (χ0) is 31.2. The van der Waals surface area contributed by atoms with Crippen LogP contribution in [0.15, 0.2) is 30.5 Å². The van der Waals surface area contributed by atoms with Gasteiger partial charge in [-0.05, 0) is 50.3 Å². The Morgan fingerprint density at radius 3 is 2.00 bits per heavy atom. The van der Waals surface area contributed by atoms with Crippen LogP contribution in [0.2, 0.25) is 0 Å². The number of unbranched alkanes of at least 4 members (excludes halogenated alkanes) is 1. The minimum absolute atomic E-state index is 0.0132. The first-order valence-corrected chi connectivity index (χ1v) is 13.5. The summed E-state index contributed by atoms with van der Waals surface area (Å²) < 4.78 is 0. The molecule has 1 aromatic heterocycles. The van der Waals surface area contributed by atoms with E-state index in [0.717, 1.165) is 10.9 Å². The Hall–Kier alpha value is -4.50. The van der Waals surface area contributed by atoms with E-state index in [-0.39, 0.29) is 32.1 Å². The van der Waals surface area contributed by atoms with Crippen molar-refractivity contribution in [2.45, 2.75) is 75.5 Å². The second kappa shape index (κ2) is 16.7. The molecule has 0 radical (unpaired) electrons. The normalized spacial score (nSPS) is 13.9. The van der Waals surface area contributed by atoms with Gasteiger partial charge in [-0.25, -0.2) is 4.79 Å². The van der Waals surface area contributed by atoms with Crippen molar-refractivity contribution in [3.05, 3.63) is 36.0 Å². The van der Waals surface area contributed by atoms with E-state index >= 15 is 0 Å². The van der Waals surface area contributed by atoms with Crippen LogP contribution in [0.25, 0.3) is 10.9 Å². The summed E-state index contributed by atoms with van der Waals surface area (Å²) in [5, 5.41) is 35.5. The first kappa shape index (κ1) is 33.7. The standard InChI is InChI=1S/C27H38N6O9/c28-12-4-3-7-19(25(39)32-20(27(41)42)9-11-23(36)37)31-26(40)21(33-24(38)17(29)8-10-22(34)35)13-15-14-30-18-6-2-1-5-16(15)18/h1-2,5-6,14,17,19-21,30H,3-4,7-13,28-29H2,(H,31,40)(H,32,39)(H,33,38)(H,34,35)(H,36,37)(H,41,42). The van der Waals surface area contributed by atoms with Crippen molar-refractivity contribution in [2.24, 2.45) is 11.5 Å². The molecule has 0 aliphatic heterocycles. The molecule has 42 heavy (non-hydrogen) atoms. The third-order valence-electron chi connectivity index (χ3n) is 6.58. The summed E-state index contributed by atoms with van der Waals surface area (Å²) in [6.45, 7) is 0.312. The third kappa shape index (κ3) is 10.8. The maximum atomic E-state index is 13.5. The number of carboxylic acid groups (broad SMARTS) is 3. The molecule has 15 nitrogen and oxygen atoms in total. The maximum Gasteiger partial charge on any atom is 0.326 e. The Balaban J connectivity index is 2.29. The first-order valence-electron chi connectivity index (χ1n) is 13.5. The van der Waals surface area contributed by atoms with Crippen molar-refractivity contribution in [3.8, 4) is 0 Å². The van der Waals surface area contributed by atoms with Crippen molar-refractivity contribution < 1.29 is 44.1 Å². The summed E-state index contributed by atoms with van der Waals surface area (Å²) >= 11 is 0. The molecule has 0 spiro atoms. The highest BCUT2D eigenvalue weighted by molar-refractivity contribution is 5.95. The number of benzene rings is 1. The lowest BCUT2D eigenvalue weighted by molar-refractivity contribution is -0.143. The highest BCUT2D eigenvalue weighted by Gasteiger charge is 2.31. The van der Waals surface area contributed by atoms with Crippen LogP contribution in [0, 0.1) is 0 Å². The van der Waals surface area contributed by atoms with E-state index in [4.69, 9.17) is 21.7 Å². The molecule has 0 aliphatic carbocycles. The Bertz CT molecular complexity index is 1260. The van der Waals surface area contributed by atoms with Gasteiger partial charge < -0.3 is 47.7 Å². The fraction of sp³-hybridized carbons (Fsp3) is 0.481.